The van der Waals surface area contributed by atoms with Crippen LogP contribution in [0, 0.1) is 6.92 Å². The van der Waals surface area contributed by atoms with E-state index in [2.05, 4.69) is 19.9 Å². The molecule has 0 spiro atoms. The van der Waals surface area contributed by atoms with E-state index in [1.807, 2.05) is 6.92 Å². The van der Waals surface area contributed by atoms with Gasteiger partial charge in [0.15, 0.2) is 5.65 Å². The fraction of sp³-hybridized carbons (Fsp3) is 0.167. The number of imidazole rings is 1. The van der Waals surface area contributed by atoms with Gasteiger partial charge in [0.25, 0.3) is 0 Å². The minimum Gasteiger partial charge on any atom is -0.342 e. The lowest BCUT2D eigenvalue weighted by atomic mass is 10.4. The maximum absolute atomic E-state index is 5.60. The van der Waals surface area contributed by atoms with Gasteiger partial charge in [-0.25, -0.2) is 9.97 Å². The molecule has 2 aromatic rings. The summed E-state index contributed by atoms with van der Waals surface area (Å²) in [6.45, 7) is 1.86. The van der Waals surface area contributed by atoms with Gasteiger partial charge >= 0.3 is 0 Å². The molecular weight excluding hydrogens is 164 g/mol. The molecule has 1 N–H and O–H groups in total. The molecule has 56 valence electrons. The van der Waals surface area contributed by atoms with Crippen molar-refractivity contribution in [3.05, 3.63) is 17.3 Å². The number of aromatic amines is 1. The highest BCUT2D eigenvalue weighted by Crippen LogP contribution is 2.11. The van der Waals surface area contributed by atoms with E-state index in [1.54, 1.807) is 6.33 Å². The molecule has 4 nitrogen and oxygen atoms in total. The summed E-state index contributed by atoms with van der Waals surface area (Å²) in [7, 11) is 0. The molecule has 0 bridgehead atoms. The second-order valence-electron chi connectivity index (χ2n) is 2.18. The van der Waals surface area contributed by atoms with Gasteiger partial charge in [-0.1, -0.05) is 0 Å². The standard InChI is InChI=1S/C6H5ClN4/c1-3-4-5(9-2-8-4)11-6(7)10-3/h2H,1H3,(H,8,9,10,11). The van der Waals surface area contributed by atoms with E-state index >= 15 is 0 Å². The minimum absolute atomic E-state index is 0.238. The van der Waals surface area contributed by atoms with Gasteiger partial charge in [0.1, 0.15) is 5.52 Å². The van der Waals surface area contributed by atoms with E-state index in [-0.39, 0.29) is 5.28 Å². The van der Waals surface area contributed by atoms with Gasteiger partial charge < -0.3 is 4.98 Å². The summed E-state index contributed by atoms with van der Waals surface area (Å²) in [5, 5.41) is 0.238. The molecule has 0 fully saturated rings. The molecule has 2 rings (SSSR count). The maximum atomic E-state index is 5.60. The van der Waals surface area contributed by atoms with Crippen molar-refractivity contribution in [1.29, 1.82) is 0 Å². The van der Waals surface area contributed by atoms with Gasteiger partial charge in [-0.2, -0.15) is 4.98 Å². The fourth-order valence-corrected chi connectivity index (χ4v) is 1.15. The van der Waals surface area contributed by atoms with E-state index in [4.69, 9.17) is 11.6 Å². The first-order valence-corrected chi connectivity index (χ1v) is 3.48. The third-order valence-corrected chi connectivity index (χ3v) is 1.61. The van der Waals surface area contributed by atoms with Gasteiger partial charge in [-0.05, 0) is 18.5 Å². The van der Waals surface area contributed by atoms with E-state index in [0.717, 1.165) is 11.2 Å². The quantitative estimate of drug-likeness (QED) is 0.604. The highest BCUT2D eigenvalue weighted by Gasteiger charge is 2.03. The Bertz CT molecular complexity index is 394. The number of hydrogen-bond donors (Lipinski definition) is 1. The van der Waals surface area contributed by atoms with E-state index in [1.165, 1.54) is 0 Å². The predicted octanol–water partition coefficient (Wildman–Crippen LogP) is 1.31. The zero-order chi connectivity index (χ0) is 7.84. The minimum atomic E-state index is 0.238. The second kappa shape index (κ2) is 2.17. The molecule has 0 radical (unpaired) electrons. The van der Waals surface area contributed by atoms with Gasteiger partial charge in [-0.15, -0.1) is 0 Å². The number of nitrogens with zero attached hydrogens (tertiary/aromatic N) is 3. The third kappa shape index (κ3) is 0.952. The SMILES string of the molecule is Cc1nc(Cl)nc2nc[nH]c12. The number of rotatable bonds is 0. The normalized spacial score (nSPS) is 10.7. The van der Waals surface area contributed by atoms with Crippen LogP contribution in [0.2, 0.25) is 5.28 Å². The molecule has 0 atom stereocenters. The number of halogens is 1. The summed E-state index contributed by atoms with van der Waals surface area (Å²) >= 11 is 5.60. The van der Waals surface area contributed by atoms with Crippen molar-refractivity contribution in [2.75, 3.05) is 0 Å². The smallest absolute Gasteiger partial charge is 0.224 e. The van der Waals surface area contributed by atoms with Crippen molar-refractivity contribution in [3.8, 4) is 0 Å². The highest BCUT2D eigenvalue weighted by molar-refractivity contribution is 6.28. The second-order valence-corrected chi connectivity index (χ2v) is 2.52. The summed E-state index contributed by atoms with van der Waals surface area (Å²) < 4.78 is 0. The Morgan fingerprint density at radius 2 is 2.27 bits per heavy atom. The van der Waals surface area contributed by atoms with Crippen LogP contribution in [-0.4, -0.2) is 19.9 Å². The lowest BCUT2D eigenvalue weighted by Crippen LogP contribution is -1.88. The Hall–Kier alpha value is -1.16. The molecule has 2 aromatic heterocycles. The van der Waals surface area contributed by atoms with E-state index in [9.17, 15) is 0 Å². The number of fused-ring (bicyclic) bond motifs is 1. The number of nitrogens with one attached hydrogen (secondary N) is 1. The maximum Gasteiger partial charge on any atom is 0.224 e. The van der Waals surface area contributed by atoms with Crippen LogP contribution in [0.5, 0.6) is 0 Å². The van der Waals surface area contributed by atoms with Crippen LogP contribution in [0.4, 0.5) is 0 Å². The molecule has 11 heavy (non-hydrogen) atoms. The van der Waals surface area contributed by atoms with Crippen molar-refractivity contribution < 1.29 is 0 Å². The summed E-state index contributed by atoms with van der Waals surface area (Å²) in [6.07, 6.45) is 1.57. The van der Waals surface area contributed by atoms with E-state index < -0.39 is 0 Å². The Labute approximate surface area is 67.6 Å². The van der Waals surface area contributed by atoms with Crippen molar-refractivity contribution in [3.63, 3.8) is 0 Å². The Morgan fingerprint density at radius 3 is 3.09 bits per heavy atom. The topological polar surface area (TPSA) is 54.5 Å². The zero-order valence-electron chi connectivity index (χ0n) is 5.80. The van der Waals surface area contributed by atoms with Gasteiger partial charge in [-0.3, -0.25) is 0 Å². The Kier molecular flexibility index (Phi) is 1.29. The van der Waals surface area contributed by atoms with Crippen LogP contribution in [0.15, 0.2) is 6.33 Å². The lowest BCUT2D eigenvalue weighted by Gasteiger charge is -1.92. The van der Waals surface area contributed by atoms with Gasteiger partial charge in [0.2, 0.25) is 5.28 Å². The van der Waals surface area contributed by atoms with Crippen LogP contribution >= 0.6 is 11.6 Å². The van der Waals surface area contributed by atoms with Crippen LogP contribution in [0.1, 0.15) is 5.69 Å². The van der Waals surface area contributed by atoms with E-state index in [0.29, 0.717) is 5.65 Å². The molecule has 5 heteroatoms. The number of aryl methyl sites for hydroxylation is 1. The molecular formula is C6H5ClN4. The number of aromatic nitrogens is 4. The largest absolute Gasteiger partial charge is 0.342 e. The van der Waals surface area contributed by atoms with Crippen LogP contribution in [-0.2, 0) is 0 Å². The predicted molar refractivity (Wildman–Crippen MR) is 41.4 cm³/mol. The molecule has 2 heterocycles. The first-order valence-electron chi connectivity index (χ1n) is 3.10. The summed E-state index contributed by atoms with van der Waals surface area (Å²) in [4.78, 5) is 14.7. The molecule has 0 aromatic carbocycles. The van der Waals surface area contributed by atoms with Gasteiger partial charge in [0.05, 0.1) is 12.0 Å². The first kappa shape index (κ1) is 6.54. The molecule has 0 aliphatic rings. The number of hydrogen-bond acceptors (Lipinski definition) is 3. The van der Waals surface area contributed by atoms with Crippen molar-refractivity contribution >= 4 is 22.8 Å². The molecule has 0 unspecified atom stereocenters. The van der Waals surface area contributed by atoms with Crippen molar-refractivity contribution in [2.45, 2.75) is 6.92 Å². The average molecular weight is 169 g/mol. The van der Waals surface area contributed by atoms with Crippen molar-refractivity contribution in [1.82, 2.24) is 19.9 Å². The number of H-pyrrole nitrogens is 1. The van der Waals surface area contributed by atoms with Crippen LogP contribution in [0.3, 0.4) is 0 Å². The summed E-state index contributed by atoms with van der Waals surface area (Å²) in [5.74, 6) is 0. The van der Waals surface area contributed by atoms with Crippen LogP contribution in [0.25, 0.3) is 11.2 Å². The Balaban J connectivity index is 2.91. The summed E-state index contributed by atoms with van der Waals surface area (Å²) in [5.41, 5.74) is 2.27. The Morgan fingerprint density at radius 1 is 1.45 bits per heavy atom. The lowest BCUT2D eigenvalue weighted by molar-refractivity contribution is 1.14. The molecule has 0 saturated heterocycles. The third-order valence-electron chi connectivity index (χ3n) is 1.44. The fourth-order valence-electron chi connectivity index (χ4n) is 0.945. The average Bonchev–Trinajstić information content (AvgIpc) is 2.34. The first-order chi connectivity index (χ1) is 5.27. The summed E-state index contributed by atoms with van der Waals surface area (Å²) in [6, 6.07) is 0. The zero-order valence-corrected chi connectivity index (χ0v) is 6.55. The molecule has 0 aliphatic heterocycles. The van der Waals surface area contributed by atoms with Crippen molar-refractivity contribution in [2.24, 2.45) is 0 Å². The molecule has 0 aliphatic carbocycles. The highest BCUT2D eigenvalue weighted by atomic mass is 35.5. The molecule has 0 saturated carbocycles. The van der Waals surface area contributed by atoms with Crippen LogP contribution < -0.4 is 0 Å². The molecule has 0 amide bonds. The monoisotopic (exact) mass is 168 g/mol. The van der Waals surface area contributed by atoms with Gasteiger partial charge in [0, 0.05) is 0 Å².